The molecule has 1 atom stereocenters. The molecule has 1 aromatic carbocycles. The molecule has 1 aliphatic heterocycles. The van der Waals surface area contributed by atoms with Crippen LogP contribution in [0.1, 0.15) is 30.1 Å². The predicted molar refractivity (Wildman–Crippen MR) is 74.3 cm³/mol. The lowest BCUT2D eigenvalue weighted by molar-refractivity contribution is 0.0527. The van der Waals surface area contributed by atoms with Crippen LogP contribution in [0.4, 0.5) is 11.4 Å². The first kappa shape index (κ1) is 13.7. The van der Waals surface area contributed by atoms with E-state index >= 15 is 0 Å². The Hall–Kier alpha value is -1.75. The van der Waals surface area contributed by atoms with E-state index in [1.54, 1.807) is 25.1 Å². The zero-order valence-corrected chi connectivity index (χ0v) is 11.1. The molecule has 1 fully saturated rings. The number of hydrogen-bond acceptors (Lipinski definition) is 5. The van der Waals surface area contributed by atoms with Crippen LogP contribution in [-0.4, -0.2) is 31.8 Å². The summed E-state index contributed by atoms with van der Waals surface area (Å²) in [6.45, 7) is 3.64. The van der Waals surface area contributed by atoms with Gasteiger partial charge in [-0.25, -0.2) is 4.79 Å². The van der Waals surface area contributed by atoms with Gasteiger partial charge in [0.15, 0.2) is 0 Å². The zero-order chi connectivity index (χ0) is 13.7. The Morgan fingerprint density at radius 1 is 1.58 bits per heavy atom. The highest BCUT2D eigenvalue weighted by Gasteiger charge is 2.17. The molecule has 0 radical (unpaired) electrons. The van der Waals surface area contributed by atoms with Crippen molar-refractivity contribution >= 4 is 17.3 Å². The van der Waals surface area contributed by atoms with E-state index in [0.29, 0.717) is 24.4 Å². The number of anilines is 2. The quantitative estimate of drug-likeness (QED) is 0.629. The summed E-state index contributed by atoms with van der Waals surface area (Å²) < 4.78 is 10.6. The average molecular weight is 264 g/mol. The van der Waals surface area contributed by atoms with E-state index in [9.17, 15) is 4.79 Å². The molecular formula is C14H20N2O3. The topological polar surface area (TPSA) is 73.6 Å². The maximum Gasteiger partial charge on any atom is 0.340 e. The Bertz CT molecular complexity index is 442. The lowest BCUT2D eigenvalue weighted by Gasteiger charge is -2.15. The molecule has 0 saturated carbocycles. The molecule has 19 heavy (non-hydrogen) atoms. The van der Waals surface area contributed by atoms with Gasteiger partial charge in [-0.1, -0.05) is 0 Å². The summed E-state index contributed by atoms with van der Waals surface area (Å²) in [5.74, 6) is -0.357. The van der Waals surface area contributed by atoms with Crippen molar-refractivity contribution < 1.29 is 14.3 Å². The minimum atomic E-state index is -0.357. The minimum Gasteiger partial charge on any atom is -0.462 e. The van der Waals surface area contributed by atoms with Crippen LogP contribution in [0.2, 0.25) is 0 Å². The van der Waals surface area contributed by atoms with Gasteiger partial charge in [0, 0.05) is 24.5 Å². The third-order valence-electron chi connectivity index (χ3n) is 3.08. The molecule has 104 valence electrons. The summed E-state index contributed by atoms with van der Waals surface area (Å²) in [5.41, 5.74) is 7.48. The van der Waals surface area contributed by atoms with Crippen LogP contribution in [0.15, 0.2) is 18.2 Å². The number of nitrogens with one attached hydrogen (secondary N) is 1. The number of esters is 1. The largest absolute Gasteiger partial charge is 0.462 e. The molecule has 0 aromatic heterocycles. The summed E-state index contributed by atoms with van der Waals surface area (Å²) in [5, 5.41) is 3.24. The van der Waals surface area contributed by atoms with Gasteiger partial charge in [0.1, 0.15) is 0 Å². The predicted octanol–water partition coefficient (Wildman–Crippen LogP) is 2.04. The Labute approximate surface area is 113 Å². The van der Waals surface area contributed by atoms with E-state index in [-0.39, 0.29) is 12.1 Å². The van der Waals surface area contributed by atoms with Gasteiger partial charge in [-0.15, -0.1) is 0 Å². The molecule has 0 aliphatic carbocycles. The summed E-state index contributed by atoms with van der Waals surface area (Å²) in [7, 11) is 0. The number of benzene rings is 1. The monoisotopic (exact) mass is 264 g/mol. The fourth-order valence-corrected chi connectivity index (χ4v) is 2.12. The van der Waals surface area contributed by atoms with Crippen molar-refractivity contribution in [3.63, 3.8) is 0 Å². The van der Waals surface area contributed by atoms with Crippen LogP contribution >= 0.6 is 0 Å². The number of ether oxygens (including phenoxy) is 2. The number of nitrogen functional groups attached to an aromatic ring is 1. The van der Waals surface area contributed by atoms with Crippen LogP contribution in [0.5, 0.6) is 0 Å². The van der Waals surface area contributed by atoms with Crippen LogP contribution in [0.25, 0.3) is 0 Å². The van der Waals surface area contributed by atoms with Crippen molar-refractivity contribution in [1.29, 1.82) is 0 Å². The average Bonchev–Trinajstić information content (AvgIpc) is 2.90. The highest BCUT2D eigenvalue weighted by atomic mass is 16.5. The number of hydrogen-bond donors (Lipinski definition) is 2. The summed E-state index contributed by atoms with van der Waals surface area (Å²) >= 11 is 0. The molecule has 5 nitrogen and oxygen atoms in total. The molecule has 3 N–H and O–H groups in total. The van der Waals surface area contributed by atoms with Gasteiger partial charge in [-0.05, 0) is 38.0 Å². The first-order valence-corrected chi connectivity index (χ1v) is 6.63. The van der Waals surface area contributed by atoms with Gasteiger partial charge in [0.2, 0.25) is 0 Å². The van der Waals surface area contributed by atoms with Gasteiger partial charge in [-0.2, -0.15) is 0 Å². The van der Waals surface area contributed by atoms with E-state index in [1.165, 1.54) is 0 Å². The van der Waals surface area contributed by atoms with Gasteiger partial charge >= 0.3 is 5.97 Å². The molecule has 1 saturated heterocycles. The molecule has 0 amide bonds. The van der Waals surface area contributed by atoms with Gasteiger partial charge < -0.3 is 20.5 Å². The van der Waals surface area contributed by atoms with E-state index in [1.807, 2.05) is 0 Å². The fourth-order valence-electron chi connectivity index (χ4n) is 2.12. The maximum atomic E-state index is 11.9. The molecule has 1 aliphatic rings. The van der Waals surface area contributed by atoms with E-state index in [2.05, 4.69) is 5.32 Å². The molecule has 2 rings (SSSR count). The highest BCUT2D eigenvalue weighted by molar-refractivity contribution is 5.96. The third kappa shape index (κ3) is 3.61. The highest BCUT2D eigenvalue weighted by Crippen LogP contribution is 2.21. The third-order valence-corrected chi connectivity index (χ3v) is 3.08. The summed E-state index contributed by atoms with van der Waals surface area (Å²) in [4.78, 5) is 11.9. The molecule has 1 heterocycles. The second-order valence-corrected chi connectivity index (χ2v) is 4.54. The summed E-state index contributed by atoms with van der Waals surface area (Å²) in [6.07, 6.45) is 2.36. The Morgan fingerprint density at radius 2 is 2.42 bits per heavy atom. The fraction of sp³-hybridized carbons (Fsp3) is 0.500. The van der Waals surface area contributed by atoms with Crippen molar-refractivity contribution in [1.82, 2.24) is 0 Å². The smallest absolute Gasteiger partial charge is 0.340 e. The number of rotatable bonds is 5. The Morgan fingerprint density at radius 3 is 3.11 bits per heavy atom. The lowest BCUT2D eigenvalue weighted by Crippen LogP contribution is -2.20. The van der Waals surface area contributed by atoms with Gasteiger partial charge in [-0.3, -0.25) is 0 Å². The van der Waals surface area contributed by atoms with Crippen LogP contribution in [-0.2, 0) is 9.47 Å². The molecular weight excluding hydrogens is 244 g/mol. The van der Waals surface area contributed by atoms with Crippen molar-refractivity contribution in [3.8, 4) is 0 Å². The first-order valence-electron chi connectivity index (χ1n) is 6.63. The van der Waals surface area contributed by atoms with E-state index < -0.39 is 0 Å². The number of carbonyl (C=O) groups excluding carboxylic acids is 1. The van der Waals surface area contributed by atoms with E-state index in [0.717, 1.165) is 25.1 Å². The second-order valence-electron chi connectivity index (χ2n) is 4.54. The second kappa shape index (κ2) is 6.43. The molecule has 5 heteroatoms. The van der Waals surface area contributed by atoms with E-state index in [4.69, 9.17) is 15.2 Å². The van der Waals surface area contributed by atoms with Gasteiger partial charge in [0.05, 0.1) is 18.3 Å². The maximum absolute atomic E-state index is 11.9. The SMILES string of the molecule is CCOC(=O)c1cc(N)ccc1NC[C@@H]1CCCO1. The van der Waals surface area contributed by atoms with Crippen LogP contribution in [0, 0.1) is 0 Å². The standard InChI is InChI=1S/C14H20N2O3/c1-2-18-14(17)12-8-10(15)5-6-13(12)16-9-11-4-3-7-19-11/h5-6,8,11,16H,2-4,7,9,15H2,1H3/t11-/m0/s1. The van der Waals surface area contributed by atoms with Crippen molar-refractivity contribution in [3.05, 3.63) is 23.8 Å². The van der Waals surface area contributed by atoms with Crippen LogP contribution in [0.3, 0.4) is 0 Å². The molecule has 0 unspecified atom stereocenters. The van der Waals surface area contributed by atoms with Crippen molar-refractivity contribution in [2.75, 3.05) is 30.8 Å². The van der Waals surface area contributed by atoms with Crippen molar-refractivity contribution in [2.24, 2.45) is 0 Å². The molecule has 0 bridgehead atoms. The lowest BCUT2D eigenvalue weighted by atomic mass is 10.1. The van der Waals surface area contributed by atoms with Gasteiger partial charge in [0.25, 0.3) is 0 Å². The Balaban J connectivity index is 2.07. The first-order chi connectivity index (χ1) is 9.20. The number of nitrogens with two attached hydrogens (primary N) is 1. The number of carbonyl (C=O) groups is 1. The normalized spacial score (nSPS) is 18.3. The van der Waals surface area contributed by atoms with Crippen LogP contribution < -0.4 is 11.1 Å². The molecule has 1 aromatic rings. The summed E-state index contributed by atoms with van der Waals surface area (Å²) in [6, 6.07) is 5.20. The zero-order valence-electron chi connectivity index (χ0n) is 11.1. The Kier molecular flexibility index (Phi) is 4.63. The minimum absolute atomic E-state index is 0.215. The van der Waals surface area contributed by atoms with Crippen molar-refractivity contribution in [2.45, 2.75) is 25.9 Å². The molecule has 0 spiro atoms.